The van der Waals surface area contributed by atoms with Gasteiger partial charge >= 0.3 is 0 Å². The van der Waals surface area contributed by atoms with Crippen molar-refractivity contribution in [2.45, 2.75) is 13.5 Å². The molecular formula is C22H26N2O3+2. The van der Waals surface area contributed by atoms with Crippen molar-refractivity contribution in [2.75, 3.05) is 33.2 Å². The summed E-state index contributed by atoms with van der Waals surface area (Å²) >= 11 is 0. The van der Waals surface area contributed by atoms with Crippen LogP contribution >= 0.6 is 0 Å². The number of ketones is 1. The molecule has 5 heteroatoms. The lowest BCUT2D eigenvalue weighted by Crippen LogP contribution is -3.26. The fourth-order valence-electron chi connectivity index (χ4n) is 3.84. The van der Waals surface area contributed by atoms with Gasteiger partial charge in [0.25, 0.3) is 0 Å². The molecule has 0 amide bonds. The van der Waals surface area contributed by atoms with E-state index < -0.39 is 0 Å². The minimum absolute atomic E-state index is 0.120. The van der Waals surface area contributed by atoms with Crippen LogP contribution in [0.15, 0.2) is 42.2 Å². The summed E-state index contributed by atoms with van der Waals surface area (Å²) in [6, 6.07) is 11.2. The van der Waals surface area contributed by atoms with Crippen molar-refractivity contribution in [1.82, 2.24) is 0 Å². The number of aromatic hydroxyl groups is 1. The van der Waals surface area contributed by atoms with Gasteiger partial charge < -0.3 is 19.6 Å². The minimum Gasteiger partial charge on any atom is -0.507 e. The van der Waals surface area contributed by atoms with Gasteiger partial charge in [0.05, 0.1) is 18.2 Å². The number of hydrogen-bond acceptors (Lipinski definition) is 3. The largest absolute Gasteiger partial charge is 0.507 e. The van der Waals surface area contributed by atoms with Crippen LogP contribution in [0.1, 0.15) is 27.0 Å². The highest BCUT2D eigenvalue weighted by atomic mass is 16.5. The van der Waals surface area contributed by atoms with Gasteiger partial charge in [0.1, 0.15) is 38.5 Å². The van der Waals surface area contributed by atoms with Crippen molar-refractivity contribution in [3.05, 3.63) is 64.4 Å². The maximum absolute atomic E-state index is 12.8. The summed E-state index contributed by atoms with van der Waals surface area (Å²) in [6.45, 7) is 7.02. The molecule has 140 valence electrons. The molecule has 2 aliphatic heterocycles. The molecule has 2 heterocycles. The molecular weight excluding hydrogens is 340 g/mol. The number of benzene rings is 2. The Bertz CT molecular complexity index is 912. The second kappa shape index (κ2) is 7.18. The molecule has 0 saturated carbocycles. The Morgan fingerprint density at radius 3 is 2.67 bits per heavy atom. The molecule has 4 rings (SSSR count). The Hall–Kier alpha value is -2.63. The number of fused-ring (bicyclic) bond motifs is 1. The summed E-state index contributed by atoms with van der Waals surface area (Å²) in [5.41, 5.74) is 3.35. The zero-order valence-electron chi connectivity index (χ0n) is 15.8. The van der Waals surface area contributed by atoms with Gasteiger partial charge in [0.2, 0.25) is 5.78 Å². The third kappa shape index (κ3) is 3.61. The monoisotopic (exact) mass is 366 g/mol. The number of phenolic OH excluding ortho intramolecular Hbond substituents is 1. The van der Waals surface area contributed by atoms with Gasteiger partial charge in [-0.3, -0.25) is 4.79 Å². The van der Waals surface area contributed by atoms with Crippen molar-refractivity contribution in [1.29, 1.82) is 0 Å². The minimum atomic E-state index is -0.120. The molecule has 1 saturated heterocycles. The lowest BCUT2D eigenvalue weighted by molar-refractivity contribution is -1.01. The molecule has 0 bridgehead atoms. The quantitative estimate of drug-likeness (QED) is 0.682. The van der Waals surface area contributed by atoms with E-state index in [-0.39, 0.29) is 11.5 Å². The topological polar surface area (TPSA) is 55.4 Å². The molecule has 1 fully saturated rings. The van der Waals surface area contributed by atoms with Crippen LogP contribution in [0, 0.1) is 6.92 Å². The zero-order chi connectivity index (χ0) is 19.0. The first-order valence-electron chi connectivity index (χ1n) is 9.52. The third-order valence-corrected chi connectivity index (χ3v) is 5.49. The van der Waals surface area contributed by atoms with E-state index in [1.54, 1.807) is 18.2 Å². The summed E-state index contributed by atoms with van der Waals surface area (Å²) in [5.74, 6) is 0.931. The van der Waals surface area contributed by atoms with E-state index in [2.05, 4.69) is 7.05 Å². The summed E-state index contributed by atoms with van der Waals surface area (Å²) in [7, 11) is 2.21. The van der Waals surface area contributed by atoms with Crippen LogP contribution < -0.4 is 14.5 Å². The molecule has 0 aliphatic carbocycles. The Morgan fingerprint density at radius 2 is 1.93 bits per heavy atom. The van der Waals surface area contributed by atoms with Crippen molar-refractivity contribution >= 4 is 11.9 Å². The maximum atomic E-state index is 12.8. The Balaban J connectivity index is 1.63. The molecule has 5 nitrogen and oxygen atoms in total. The highest BCUT2D eigenvalue weighted by Gasteiger charge is 2.33. The summed E-state index contributed by atoms with van der Waals surface area (Å²) < 4.78 is 5.97. The van der Waals surface area contributed by atoms with Gasteiger partial charge in [-0.15, -0.1) is 0 Å². The molecule has 0 radical (unpaired) electrons. The lowest BCUT2D eigenvalue weighted by atomic mass is 10.0. The van der Waals surface area contributed by atoms with Crippen molar-refractivity contribution in [3.63, 3.8) is 0 Å². The first-order valence-corrected chi connectivity index (χ1v) is 9.52. The molecule has 0 unspecified atom stereocenters. The van der Waals surface area contributed by atoms with Crippen molar-refractivity contribution in [3.8, 4) is 11.5 Å². The van der Waals surface area contributed by atoms with Gasteiger partial charge in [-0.1, -0.05) is 29.8 Å². The Kier molecular flexibility index (Phi) is 4.72. The SMILES string of the molecule is Cc1cccc(/C=C2/Oc3c(ccc(O)c3C[NH+]3CC[NH+](C)CC3)C2=O)c1. The number of hydrogen-bond donors (Lipinski definition) is 3. The van der Waals surface area contributed by atoms with E-state index in [9.17, 15) is 9.90 Å². The van der Waals surface area contributed by atoms with E-state index in [0.29, 0.717) is 23.6 Å². The molecule has 2 aromatic carbocycles. The molecule has 0 aromatic heterocycles. The summed E-state index contributed by atoms with van der Waals surface area (Å²) in [6.07, 6.45) is 1.78. The number of carbonyl (C=O) groups is 1. The van der Waals surface area contributed by atoms with E-state index in [1.165, 1.54) is 9.80 Å². The van der Waals surface area contributed by atoms with Crippen molar-refractivity contribution in [2.24, 2.45) is 0 Å². The highest BCUT2D eigenvalue weighted by molar-refractivity contribution is 6.14. The predicted molar refractivity (Wildman–Crippen MR) is 103 cm³/mol. The van der Waals surface area contributed by atoms with Crippen molar-refractivity contribution < 1.29 is 24.4 Å². The van der Waals surface area contributed by atoms with Gasteiger partial charge in [0, 0.05) is 0 Å². The molecule has 2 aromatic rings. The zero-order valence-corrected chi connectivity index (χ0v) is 15.8. The number of aryl methyl sites for hydroxylation is 1. The third-order valence-electron chi connectivity index (χ3n) is 5.49. The number of Topliss-reactive ketones (excluding diaryl/α,β-unsaturated/α-hetero) is 1. The lowest BCUT2D eigenvalue weighted by Gasteiger charge is -2.27. The molecule has 3 N–H and O–H groups in total. The van der Waals surface area contributed by atoms with Gasteiger partial charge in [0.15, 0.2) is 11.5 Å². The van der Waals surface area contributed by atoms with Crippen LogP contribution in [0.5, 0.6) is 11.5 Å². The molecule has 2 aliphatic rings. The average molecular weight is 366 g/mol. The standard InChI is InChI=1S/C22H24N2O3/c1-15-4-3-5-16(12-15)13-20-21(26)17-6-7-19(25)18(22(17)27-20)14-24-10-8-23(2)9-11-24/h3-7,12-13,25H,8-11,14H2,1-2H3/p+2/b20-13+. The van der Waals surface area contributed by atoms with E-state index in [1.807, 2.05) is 31.2 Å². The summed E-state index contributed by atoms with van der Waals surface area (Å²) in [5, 5.41) is 10.4. The number of ether oxygens (including phenoxy) is 1. The average Bonchev–Trinajstić information content (AvgIpc) is 2.95. The van der Waals surface area contributed by atoms with Crippen LogP contribution in [0.25, 0.3) is 6.08 Å². The number of nitrogens with one attached hydrogen (secondary N) is 2. The van der Waals surface area contributed by atoms with E-state index >= 15 is 0 Å². The number of rotatable bonds is 3. The van der Waals surface area contributed by atoms with Crippen LogP contribution in [0.3, 0.4) is 0 Å². The van der Waals surface area contributed by atoms with Crippen LogP contribution in [0.2, 0.25) is 0 Å². The number of allylic oxidation sites excluding steroid dienone is 1. The highest BCUT2D eigenvalue weighted by Crippen LogP contribution is 2.39. The number of phenols is 1. The number of likely N-dealkylation sites (N-methyl/N-ethyl adjacent to an activating group) is 1. The normalized spacial score (nSPS) is 23.3. The van der Waals surface area contributed by atoms with E-state index in [4.69, 9.17) is 4.74 Å². The first-order chi connectivity index (χ1) is 13.0. The van der Waals surface area contributed by atoms with Gasteiger partial charge in [-0.05, 0) is 30.7 Å². The fourth-order valence-corrected chi connectivity index (χ4v) is 3.84. The van der Waals surface area contributed by atoms with E-state index in [0.717, 1.165) is 42.9 Å². The first kappa shape index (κ1) is 17.8. The molecule has 0 spiro atoms. The fraction of sp³-hybridized carbons (Fsp3) is 0.318. The molecule has 0 atom stereocenters. The predicted octanol–water partition coefficient (Wildman–Crippen LogP) is 0.230. The summed E-state index contributed by atoms with van der Waals surface area (Å²) in [4.78, 5) is 15.8. The maximum Gasteiger partial charge on any atom is 0.231 e. The Labute approximate surface area is 159 Å². The molecule has 27 heavy (non-hydrogen) atoms. The number of quaternary nitrogens is 2. The number of carbonyl (C=O) groups excluding carboxylic acids is 1. The Morgan fingerprint density at radius 1 is 1.15 bits per heavy atom. The second-order valence-electron chi connectivity index (χ2n) is 7.68. The van der Waals surface area contributed by atoms with Crippen LogP contribution in [-0.4, -0.2) is 44.1 Å². The number of piperazine rings is 1. The van der Waals surface area contributed by atoms with Crippen LogP contribution in [-0.2, 0) is 6.54 Å². The smallest absolute Gasteiger partial charge is 0.231 e. The van der Waals surface area contributed by atoms with Gasteiger partial charge in [-0.2, -0.15) is 0 Å². The van der Waals surface area contributed by atoms with Crippen LogP contribution in [0.4, 0.5) is 0 Å². The van der Waals surface area contributed by atoms with Gasteiger partial charge in [-0.25, -0.2) is 0 Å². The second-order valence-corrected chi connectivity index (χ2v) is 7.68.